The average molecular weight is 541 g/mol. The average Bonchev–Trinajstić information content (AvgIpc) is 3.27. The van der Waals surface area contributed by atoms with Crippen LogP contribution in [0.15, 0.2) is 146 Å². The first kappa shape index (κ1) is 26.2. The second kappa shape index (κ2) is 11.0. The van der Waals surface area contributed by atoms with Crippen molar-refractivity contribution in [2.75, 3.05) is 0 Å². The molecule has 204 valence electrons. The van der Waals surface area contributed by atoms with E-state index in [-0.39, 0.29) is 5.41 Å². The van der Waals surface area contributed by atoms with Crippen molar-refractivity contribution in [3.8, 4) is 44.5 Å². The minimum absolute atomic E-state index is 0.0199. The number of hydrogen-bond acceptors (Lipinski definition) is 0. The molecule has 0 amide bonds. The summed E-state index contributed by atoms with van der Waals surface area (Å²) in [4.78, 5) is 0. The molecule has 0 saturated heterocycles. The summed E-state index contributed by atoms with van der Waals surface area (Å²) >= 11 is 0. The SMILES string of the molecule is CC1(C)c2cc(CCCc3ccc(-c4ccccc4)cc3)ccc2-c2ccc(-c3ccc(-c4ccccc4)cc3)cc21. The normalized spacial score (nSPS) is 13.0. The fraction of sp³-hybridized carbons (Fsp3) is 0.143. The Hall–Kier alpha value is -4.68. The van der Waals surface area contributed by atoms with Gasteiger partial charge in [0, 0.05) is 5.41 Å². The van der Waals surface area contributed by atoms with Crippen LogP contribution in [0.2, 0.25) is 0 Å². The summed E-state index contributed by atoms with van der Waals surface area (Å²) in [5.74, 6) is 0. The summed E-state index contributed by atoms with van der Waals surface area (Å²) in [5.41, 5.74) is 16.1. The number of rotatable bonds is 7. The van der Waals surface area contributed by atoms with Crippen LogP contribution < -0.4 is 0 Å². The summed E-state index contributed by atoms with van der Waals surface area (Å²) in [5, 5.41) is 0. The first-order valence-electron chi connectivity index (χ1n) is 15.1. The van der Waals surface area contributed by atoms with Crippen LogP contribution in [-0.2, 0) is 18.3 Å². The lowest BCUT2D eigenvalue weighted by Gasteiger charge is -2.22. The lowest BCUT2D eigenvalue weighted by molar-refractivity contribution is 0.658. The molecule has 0 aliphatic heterocycles. The van der Waals surface area contributed by atoms with E-state index in [1.165, 1.54) is 66.8 Å². The molecule has 0 nitrogen and oxygen atoms in total. The fourth-order valence-electron chi connectivity index (χ4n) is 6.60. The van der Waals surface area contributed by atoms with Crippen LogP contribution >= 0.6 is 0 Å². The van der Waals surface area contributed by atoms with E-state index < -0.39 is 0 Å². The molecular weight excluding hydrogens is 504 g/mol. The molecular formula is C42H36. The summed E-state index contributed by atoms with van der Waals surface area (Å²) in [6, 6.07) is 53.5. The van der Waals surface area contributed by atoms with Gasteiger partial charge < -0.3 is 0 Å². The van der Waals surface area contributed by atoms with Gasteiger partial charge in [-0.15, -0.1) is 0 Å². The lowest BCUT2D eigenvalue weighted by Crippen LogP contribution is -2.15. The largest absolute Gasteiger partial charge is 0.0622 e. The van der Waals surface area contributed by atoms with Gasteiger partial charge in [-0.1, -0.05) is 153 Å². The monoisotopic (exact) mass is 540 g/mol. The molecule has 0 heteroatoms. The van der Waals surface area contributed by atoms with Gasteiger partial charge in [-0.2, -0.15) is 0 Å². The Bertz CT molecular complexity index is 1820. The van der Waals surface area contributed by atoms with Gasteiger partial charge in [0.15, 0.2) is 0 Å². The number of fused-ring (bicyclic) bond motifs is 3. The Morgan fingerprint density at radius 2 is 0.786 bits per heavy atom. The van der Waals surface area contributed by atoms with Gasteiger partial charge in [0.05, 0.1) is 0 Å². The summed E-state index contributed by atoms with van der Waals surface area (Å²) in [6.45, 7) is 4.77. The van der Waals surface area contributed by atoms with Crippen molar-refractivity contribution in [2.45, 2.75) is 38.5 Å². The number of benzene rings is 6. The molecule has 6 aromatic rings. The predicted molar refractivity (Wildman–Crippen MR) is 179 cm³/mol. The van der Waals surface area contributed by atoms with Crippen LogP contribution in [0.4, 0.5) is 0 Å². The van der Waals surface area contributed by atoms with Crippen molar-refractivity contribution in [3.63, 3.8) is 0 Å². The van der Waals surface area contributed by atoms with E-state index in [4.69, 9.17) is 0 Å². The van der Waals surface area contributed by atoms with Gasteiger partial charge in [0.2, 0.25) is 0 Å². The highest BCUT2D eigenvalue weighted by molar-refractivity contribution is 5.84. The molecule has 0 bridgehead atoms. The molecule has 0 unspecified atom stereocenters. The molecule has 0 fully saturated rings. The minimum atomic E-state index is -0.0199. The van der Waals surface area contributed by atoms with E-state index in [1.54, 1.807) is 0 Å². The second-order valence-corrected chi connectivity index (χ2v) is 12.1. The highest BCUT2D eigenvalue weighted by atomic mass is 14.4. The zero-order valence-corrected chi connectivity index (χ0v) is 24.5. The molecule has 0 spiro atoms. The Labute approximate surface area is 250 Å². The fourth-order valence-corrected chi connectivity index (χ4v) is 6.60. The van der Waals surface area contributed by atoms with Crippen LogP contribution in [-0.4, -0.2) is 0 Å². The summed E-state index contributed by atoms with van der Waals surface area (Å²) < 4.78 is 0. The molecule has 0 aromatic heterocycles. The van der Waals surface area contributed by atoms with Gasteiger partial charge in [-0.25, -0.2) is 0 Å². The summed E-state index contributed by atoms with van der Waals surface area (Å²) in [7, 11) is 0. The van der Waals surface area contributed by atoms with Crippen molar-refractivity contribution in [1.82, 2.24) is 0 Å². The Morgan fingerprint density at radius 1 is 0.381 bits per heavy atom. The van der Waals surface area contributed by atoms with Crippen molar-refractivity contribution >= 4 is 0 Å². The molecule has 0 heterocycles. The maximum absolute atomic E-state index is 2.47. The zero-order chi connectivity index (χ0) is 28.5. The van der Waals surface area contributed by atoms with Crippen LogP contribution in [0.1, 0.15) is 42.5 Å². The van der Waals surface area contributed by atoms with Crippen LogP contribution in [0.25, 0.3) is 44.5 Å². The molecule has 0 saturated carbocycles. The van der Waals surface area contributed by atoms with Gasteiger partial charge in [0.25, 0.3) is 0 Å². The van der Waals surface area contributed by atoms with E-state index >= 15 is 0 Å². The Kier molecular flexibility index (Phi) is 6.84. The maximum Gasteiger partial charge on any atom is 0.0159 e. The smallest absolute Gasteiger partial charge is 0.0159 e. The summed E-state index contributed by atoms with van der Waals surface area (Å²) in [6.07, 6.45) is 3.35. The van der Waals surface area contributed by atoms with E-state index in [2.05, 4.69) is 159 Å². The first-order chi connectivity index (χ1) is 20.6. The van der Waals surface area contributed by atoms with Crippen molar-refractivity contribution in [2.24, 2.45) is 0 Å². The van der Waals surface area contributed by atoms with E-state index in [1.807, 2.05) is 0 Å². The Balaban J connectivity index is 1.06. The van der Waals surface area contributed by atoms with Crippen LogP contribution in [0.5, 0.6) is 0 Å². The zero-order valence-electron chi connectivity index (χ0n) is 24.5. The number of aryl methyl sites for hydroxylation is 2. The molecule has 42 heavy (non-hydrogen) atoms. The molecule has 7 rings (SSSR count). The third kappa shape index (κ3) is 4.99. The van der Waals surface area contributed by atoms with Crippen LogP contribution in [0, 0.1) is 0 Å². The van der Waals surface area contributed by atoms with E-state index in [0.717, 1.165) is 19.3 Å². The molecule has 0 N–H and O–H groups in total. The molecule has 1 aliphatic carbocycles. The predicted octanol–water partition coefficient (Wildman–Crippen LogP) is 11.2. The van der Waals surface area contributed by atoms with Gasteiger partial charge >= 0.3 is 0 Å². The highest BCUT2D eigenvalue weighted by Gasteiger charge is 2.35. The molecule has 1 aliphatic rings. The van der Waals surface area contributed by atoms with Crippen LogP contribution in [0.3, 0.4) is 0 Å². The highest BCUT2D eigenvalue weighted by Crippen LogP contribution is 2.50. The van der Waals surface area contributed by atoms with Gasteiger partial charge in [-0.3, -0.25) is 0 Å². The van der Waals surface area contributed by atoms with Gasteiger partial charge in [0.1, 0.15) is 0 Å². The first-order valence-corrected chi connectivity index (χ1v) is 15.1. The molecule has 6 aromatic carbocycles. The van der Waals surface area contributed by atoms with Crippen molar-refractivity contribution in [3.05, 3.63) is 168 Å². The third-order valence-electron chi connectivity index (χ3n) is 9.06. The van der Waals surface area contributed by atoms with E-state index in [9.17, 15) is 0 Å². The lowest BCUT2D eigenvalue weighted by atomic mass is 9.81. The maximum atomic E-state index is 2.47. The van der Waals surface area contributed by atoms with E-state index in [0.29, 0.717) is 0 Å². The topological polar surface area (TPSA) is 0 Å². The third-order valence-corrected chi connectivity index (χ3v) is 9.06. The second-order valence-electron chi connectivity index (χ2n) is 12.1. The molecule has 0 radical (unpaired) electrons. The van der Waals surface area contributed by atoms with Crippen molar-refractivity contribution in [1.29, 1.82) is 0 Å². The molecule has 0 atom stereocenters. The Morgan fingerprint density at radius 3 is 1.38 bits per heavy atom. The van der Waals surface area contributed by atoms with Gasteiger partial charge in [-0.05, 0) is 92.1 Å². The standard InChI is InChI=1S/C42H36/c1-42(2)40-28-31(11-9-10-30-16-19-34(20-17-30)32-12-5-3-6-13-32)18-26-38(40)39-27-25-37(29-41(39)42)36-23-21-35(22-24-36)33-14-7-4-8-15-33/h3-8,12-29H,9-11H2,1-2H3. The van der Waals surface area contributed by atoms with Crippen molar-refractivity contribution < 1.29 is 0 Å². The minimum Gasteiger partial charge on any atom is -0.0622 e. The quantitative estimate of drug-likeness (QED) is 0.189. The number of hydrogen-bond donors (Lipinski definition) is 0.